The second-order valence-corrected chi connectivity index (χ2v) is 5.63. The monoisotopic (exact) mass is 277 g/mol. The van der Waals surface area contributed by atoms with Gasteiger partial charge in [0.25, 0.3) is 0 Å². The van der Waals surface area contributed by atoms with E-state index in [4.69, 9.17) is 16.3 Å². The van der Waals surface area contributed by atoms with Gasteiger partial charge in [-0.05, 0) is 33.1 Å². The Balaban J connectivity index is 2.37. The van der Waals surface area contributed by atoms with Crippen molar-refractivity contribution in [2.45, 2.75) is 39.2 Å². The van der Waals surface area contributed by atoms with Gasteiger partial charge in [-0.25, -0.2) is 4.79 Å². The highest BCUT2D eigenvalue weighted by atomic mass is 35.5. The third kappa shape index (κ3) is 5.12. The first-order valence-electron chi connectivity index (χ1n) is 6.01. The fourth-order valence-corrected chi connectivity index (χ4v) is 1.97. The van der Waals surface area contributed by atoms with Gasteiger partial charge in [0.1, 0.15) is 5.60 Å². The average molecular weight is 278 g/mol. The summed E-state index contributed by atoms with van der Waals surface area (Å²) in [6.07, 6.45) is 0.763. The molecule has 0 saturated carbocycles. The first-order valence-corrected chi connectivity index (χ1v) is 6.55. The summed E-state index contributed by atoms with van der Waals surface area (Å²) in [7, 11) is 0. The molecule has 0 aromatic heterocycles. The summed E-state index contributed by atoms with van der Waals surface area (Å²) in [5, 5.41) is 0. The molecule has 0 radical (unpaired) electrons. The van der Waals surface area contributed by atoms with Crippen molar-refractivity contribution in [3.8, 4) is 0 Å². The number of nitrogens with zero attached hydrogens (tertiary/aromatic N) is 1. The van der Waals surface area contributed by atoms with E-state index in [1.807, 2.05) is 20.8 Å². The molecule has 0 unspecified atom stereocenters. The van der Waals surface area contributed by atoms with Crippen molar-refractivity contribution in [1.82, 2.24) is 4.90 Å². The standard InChI is InChI=1S/C12H20ClNO4/c1-12(2,3)18-11(16)14-5-4-9(7-14)6-10(15)17-8-13/h9H,4-8H2,1-3H3/t9-/m0/s1. The number of hydrogen-bond acceptors (Lipinski definition) is 4. The molecule has 1 fully saturated rings. The minimum atomic E-state index is -0.493. The van der Waals surface area contributed by atoms with E-state index in [0.29, 0.717) is 19.5 Å². The Hall–Kier alpha value is -0.970. The van der Waals surface area contributed by atoms with E-state index < -0.39 is 5.60 Å². The van der Waals surface area contributed by atoms with Gasteiger partial charge in [0, 0.05) is 13.1 Å². The van der Waals surface area contributed by atoms with E-state index in [-0.39, 0.29) is 24.0 Å². The highest BCUT2D eigenvalue weighted by molar-refractivity contribution is 6.17. The van der Waals surface area contributed by atoms with Crippen molar-refractivity contribution in [1.29, 1.82) is 0 Å². The van der Waals surface area contributed by atoms with Crippen molar-refractivity contribution in [3.05, 3.63) is 0 Å². The molecule has 1 aliphatic rings. The maximum atomic E-state index is 11.8. The molecule has 0 spiro atoms. The summed E-state index contributed by atoms with van der Waals surface area (Å²) in [6, 6.07) is -0.124. The predicted octanol–water partition coefficient (Wildman–Crippen LogP) is 2.37. The van der Waals surface area contributed by atoms with E-state index in [2.05, 4.69) is 4.74 Å². The Morgan fingerprint density at radius 2 is 2.06 bits per heavy atom. The zero-order chi connectivity index (χ0) is 13.8. The summed E-state index contributed by atoms with van der Waals surface area (Å²) < 4.78 is 9.94. The number of hydrogen-bond donors (Lipinski definition) is 0. The molecule has 0 bridgehead atoms. The molecule has 1 amide bonds. The van der Waals surface area contributed by atoms with Crippen LogP contribution in [-0.2, 0) is 14.3 Å². The lowest BCUT2D eigenvalue weighted by molar-refractivity contribution is -0.142. The average Bonchev–Trinajstić information content (AvgIpc) is 2.63. The molecule has 104 valence electrons. The minimum absolute atomic E-state index is 0.124. The van der Waals surface area contributed by atoms with Gasteiger partial charge in [-0.2, -0.15) is 0 Å². The Morgan fingerprint density at radius 3 is 2.61 bits per heavy atom. The molecular weight excluding hydrogens is 258 g/mol. The molecule has 1 aliphatic heterocycles. The summed E-state index contributed by atoms with van der Waals surface area (Å²) >= 11 is 5.31. The van der Waals surface area contributed by atoms with Gasteiger partial charge >= 0.3 is 12.1 Å². The van der Waals surface area contributed by atoms with Crippen LogP contribution < -0.4 is 0 Å². The van der Waals surface area contributed by atoms with Crippen LogP contribution in [0, 0.1) is 5.92 Å². The molecule has 18 heavy (non-hydrogen) atoms. The van der Waals surface area contributed by atoms with E-state index in [1.165, 1.54) is 0 Å². The number of halogens is 1. The van der Waals surface area contributed by atoms with Gasteiger partial charge in [0.15, 0.2) is 6.07 Å². The normalized spacial score (nSPS) is 19.8. The van der Waals surface area contributed by atoms with Crippen LogP contribution in [0.15, 0.2) is 0 Å². The Labute approximate surface area is 112 Å². The molecule has 5 nitrogen and oxygen atoms in total. The van der Waals surface area contributed by atoms with Crippen LogP contribution in [0.3, 0.4) is 0 Å². The van der Waals surface area contributed by atoms with Crippen LogP contribution in [0.5, 0.6) is 0 Å². The molecule has 1 atom stereocenters. The Bertz CT molecular complexity index is 314. The van der Waals surface area contributed by atoms with Crippen molar-refractivity contribution in [2.75, 3.05) is 19.2 Å². The molecule has 0 aromatic carbocycles. The van der Waals surface area contributed by atoms with Gasteiger partial charge in [0.05, 0.1) is 6.42 Å². The molecule has 0 aliphatic carbocycles. The largest absolute Gasteiger partial charge is 0.449 e. The quantitative estimate of drug-likeness (QED) is 0.587. The van der Waals surface area contributed by atoms with Crippen molar-refractivity contribution < 1.29 is 19.1 Å². The Morgan fingerprint density at radius 1 is 1.39 bits per heavy atom. The van der Waals surface area contributed by atoms with E-state index in [9.17, 15) is 9.59 Å². The number of esters is 1. The fourth-order valence-electron chi connectivity index (χ4n) is 1.85. The minimum Gasteiger partial charge on any atom is -0.449 e. The van der Waals surface area contributed by atoms with Crippen LogP contribution in [0.25, 0.3) is 0 Å². The topological polar surface area (TPSA) is 55.8 Å². The number of carbonyl (C=O) groups is 2. The number of carbonyl (C=O) groups excluding carboxylic acids is 2. The lowest BCUT2D eigenvalue weighted by atomic mass is 10.1. The van der Waals surface area contributed by atoms with Crippen LogP contribution in [0.2, 0.25) is 0 Å². The van der Waals surface area contributed by atoms with Crippen molar-refractivity contribution in [3.63, 3.8) is 0 Å². The SMILES string of the molecule is CC(C)(C)OC(=O)N1CC[C@@H](CC(=O)OCCl)C1. The number of ether oxygens (including phenoxy) is 2. The number of rotatable bonds is 3. The lowest BCUT2D eigenvalue weighted by Crippen LogP contribution is -2.35. The number of amides is 1. The molecule has 1 heterocycles. The van der Waals surface area contributed by atoms with Crippen LogP contribution in [-0.4, -0.2) is 41.7 Å². The molecule has 1 saturated heterocycles. The summed E-state index contributed by atoms with van der Waals surface area (Å²) in [4.78, 5) is 24.7. The van der Waals surface area contributed by atoms with E-state index in [1.54, 1.807) is 4.90 Å². The van der Waals surface area contributed by atoms with Gasteiger partial charge < -0.3 is 14.4 Å². The summed E-state index contributed by atoms with van der Waals surface area (Å²) in [6.45, 7) is 6.64. The third-order valence-corrected chi connectivity index (χ3v) is 2.72. The van der Waals surface area contributed by atoms with Gasteiger partial charge in [-0.3, -0.25) is 4.79 Å². The zero-order valence-corrected chi connectivity index (χ0v) is 11.8. The summed E-state index contributed by atoms with van der Waals surface area (Å²) in [5.74, 6) is -0.186. The highest BCUT2D eigenvalue weighted by Crippen LogP contribution is 2.22. The predicted molar refractivity (Wildman–Crippen MR) is 67.3 cm³/mol. The van der Waals surface area contributed by atoms with Crippen LogP contribution in [0.1, 0.15) is 33.6 Å². The second-order valence-electron chi connectivity index (χ2n) is 5.41. The molecular formula is C12H20ClNO4. The smallest absolute Gasteiger partial charge is 0.410 e. The maximum Gasteiger partial charge on any atom is 0.410 e. The zero-order valence-electron chi connectivity index (χ0n) is 11.1. The fraction of sp³-hybridized carbons (Fsp3) is 0.833. The van der Waals surface area contributed by atoms with Gasteiger partial charge in [0.2, 0.25) is 0 Å². The van der Waals surface area contributed by atoms with Gasteiger partial charge in [-0.15, -0.1) is 0 Å². The molecule has 0 N–H and O–H groups in total. The van der Waals surface area contributed by atoms with E-state index in [0.717, 1.165) is 6.42 Å². The third-order valence-electron chi connectivity index (χ3n) is 2.61. The summed E-state index contributed by atoms with van der Waals surface area (Å²) in [5.41, 5.74) is -0.493. The van der Waals surface area contributed by atoms with Gasteiger partial charge in [-0.1, -0.05) is 11.6 Å². The number of likely N-dealkylation sites (tertiary alicyclic amines) is 1. The van der Waals surface area contributed by atoms with Crippen LogP contribution >= 0.6 is 11.6 Å². The molecule has 1 rings (SSSR count). The second kappa shape index (κ2) is 6.27. The van der Waals surface area contributed by atoms with E-state index >= 15 is 0 Å². The number of alkyl halides is 1. The lowest BCUT2D eigenvalue weighted by Gasteiger charge is -2.24. The van der Waals surface area contributed by atoms with Crippen LogP contribution in [0.4, 0.5) is 4.79 Å². The molecule has 6 heteroatoms. The maximum absolute atomic E-state index is 11.8. The highest BCUT2D eigenvalue weighted by Gasteiger charge is 2.31. The van der Waals surface area contributed by atoms with Crippen molar-refractivity contribution >= 4 is 23.7 Å². The van der Waals surface area contributed by atoms with Crippen molar-refractivity contribution in [2.24, 2.45) is 5.92 Å². The molecule has 0 aromatic rings. The first kappa shape index (κ1) is 15.1. The Kier molecular flexibility index (Phi) is 5.26. The first-order chi connectivity index (χ1) is 8.31.